The monoisotopic (exact) mass is 501 g/mol. The molecule has 0 aromatic heterocycles. The van der Waals surface area contributed by atoms with Crippen LogP contribution in [0.15, 0.2) is 66.7 Å². The van der Waals surface area contributed by atoms with Crippen LogP contribution in [0.2, 0.25) is 0 Å². The number of rotatable bonds is 8. The summed E-state index contributed by atoms with van der Waals surface area (Å²) in [5.74, 6) is -1.63. The third kappa shape index (κ3) is 5.87. The number of anilines is 2. The van der Waals surface area contributed by atoms with Crippen molar-refractivity contribution in [3.05, 3.63) is 94.8 Å². The highest BCUT2D eigenvalue weighted by molar-refractivity contribution is 6.37. The van der Waals surface area contributed by atoms with E-state index in [-0.39, 0.29) is 12.3 Å². The molecule has 0 atom stereocenters. The Hall–Kier alpha value is -4.01. The highest BCUT2D eigenvalue weighted by atomic mass is 19.1. The molecule has 1 fully saturated rings. The molecule has 0 radical (unpaired) electrons. The van der Waals surface area contributed by atoms with E-state index < -0.39 is 11.8 Å². The molecular weight excluding hydrogens is 473 g/mol. The van der Waals surface area contributed by atoms with Crippen molar-refractivity contribution in [2.45, 2.75) is 19.4 Å². The van der Waals surface area contributed by atoms with Crippen LogP contribution in [-0.4, -0.2) is 48.2 Å². The highest BCUT2D eigenvalue weighted by Gasteiger charge is 2.29. The fraction of sp³-hybridized carbons (Fsp3) is 0.241. The summed E-state index contributed by atoms with van der Waals surface area (Å²) in [6.07, 6.45) is 0.381. The first kappa shape index (κ1) is 24.7. The molecule has 1 saturated heterocycles. The third-order valence-electron chi connectivity index (χ3n) is 6.55. The molecule has 0 spiro atoms. The molecule has 37 heavy (non-hydrogen) atoms. The standard InChI is InChI=1S/C29H28FN3O4/c30-22-7-10-24-25(17-22)32-29(36)27(24)28(21-3-1-2-19(16-21)6-11-26(34)35)31-23-8-4-20(5-9-23)18-33-12-14-37-15-13-33/h1-5,7-10,16-17,31H,6,11-15,18H2,(H,32,36)(H,34,35)/b28-27-. The Bertz CT molecular complexity index is 1350. The van der Waals surface area contributed by atoms with Gasteiger partial charge >= 0.3 is 5.97 Å². The predicted molar refractivity (Wildman–Crippen MR) is 140 cm³/mol. The lowest BCUT2D eigenvalue weighted by Crippen LogP contribution is -2.35. The fourth-order valence-corrected chi connectivity index (χ4v) is 4.66. The summed E-state index contributed by atoms with van der Waals surface area (Å²) in [6.45, 7) is 4.14. The molecule has 3 N–H and O–H groups in total. The Kier molecular flexibility index (Phi) is 7.30. The molecule has 3 aromatic rings. The molecule has 8 heteroatoms. The van der Waals surface area contributed by atoms with E-state index in [2.05, 4.69) is 27.7 Å². The highest BCUT2D eigenvalue weighted by Crippen LogP contribution is 2.38. The molecule has 7 nitrogen and oxygen atoms in total. The predicted octanol–water partition coefficient (Wildman–Crippen LogP) is 4.61. The van der Waals surface area contributed by atoms with Crippen LogP contribution in [0.4, 0.5) is 15.8 Å². The first-order valence-corrected chi connectivity index (χ1v) is 12.3. The molecule has 190 valence electrons. The Labute approximate surface area is 214 Å². The quantitative estimate of drug-likeness (QED) is 0.391. The van der Waals surface area contributed by atoms with Gasteiger partial charge in [-0.05, 0) is 59.5 Å². The number of nitrogens with zero attached hydrogens (tertiary/aromatic N) is 1. The normalized spacial score (nSPS) is 16.7. The summed E-state index contributed by atoms with van der Waals surface area (Å²) < 4.78 is 19.3. The van der Waals surface area contributed by atoms with Crippen LogP contribution in [0.1, 0.15) is 28.7 Å². The van der Waals surface area contributed by atoms with E-state index in [1.807, 2.05) is 36.4 Å². The number of benzene rings is 3. The van der Waals surface area contributed by atoms with Crippen molar-refractivity contribution in [2.24, 2.45) is 0 Å². The zero-order chi connectivity index (χ0) is 25.8. The maximum Gasteiger partial charge on any atom is 0.303 e. The number of nitrogens with one attached hydrogen (secondary N) is 2. The second-order valence-electron chi connectivity index (χ2n) is 9.20. The molecule has 2 heterocycles. The number of morpholine rings is 1. The van der Waals surface area contributed by atoms with Gasteiger partial charge < -0.3 is 20.5 Å². The smallest absolute Gasteiger partial charge is 0.303 e. The lowest BCUT2D eigenvalue weighted by Gasteiger charge is -2.26. The molecule has 0 unspecified atom stereocenters. The fourth-order valence-electron chi connectivity index (χ4n) is 4.66. The number of fused-ring (bicyclic) bond motifs is 1. The van der Waals surface area contributed by atoms with Crippen LogP contribution in [0.25, 0.3) is 11.3 Å². The Morgan fingerprint density at radius 3 is 2.57 bits per heavy atom. The zero-order valence-electron chi connectivity index (χ0n) is 20.3. The minimum absolute atomic E-state index is 0.00991. The van der Waals surface area contributed by atoms with Gasteiger partial charge in [-0.25, -0.2) is 4.39 Å². The van der Waals surface area contributed by atoms with E-state index in [4.69, 9.17) is 9.84 Å². The second kappa shape index (κ2) is 10.9. The maximum atomic E-state index is 13.9. The van der Waals surface area contributed by atoms with Gasteiger partial charge in [0.25, 0.3) is 5.91 Å². The van der Waals surface area contributed by atoms with Crippen molar-refractivity contribution in [3.63, 3.8) is 0 Å². The van der Waals surface area contributed by atoms with Crippen LogP contribution >= 0.6 is 0 Å². The van der Waals surface area contributed by atoms with Crippen molar-refractivity contribution in [2.75, 3.05) is 36.9 Å². The Balaban J connectivity index is 1.49. The van der Waals surface area contributed by atoms with E-state index in [1.54, 1.807) is 6.07 Å². The number of carboxylic acids is 1. The van der Waals surface area contributed by atoms with Crippen LogP contribution in [0.5, 0.6) is 0 Å². The number of amides is 1. The number of carboxylic acid groups (broad SMARTS) is 1. The van der Waals surface area contributed by atoms with Gasteiger partial charge in [-0.1, -0.05) is 30.3 Å². The number of aryl methyl sites for hydroxylation is 1. The van der Waals surface area contributed by atoms with Crippen molar-refractivity contribution in [1.29, 1.82) is 0 Å². The summed E-state index contributed by atoms with van der Waals surface area (Å²) in [4.78, 5) is 26.5. The number of hydrogen-bond donors (Lipinski definition) is 3. The lowest BCUT2D eigenvalue weighted by molar-refractivity contribution is -0.137. The van der Waals surface area contributed by atoms with E-state index in [9.17, 15) is 14.0 Å². The van der Waals surface area contributed by atoms with Gasteiger partial charge in [0.2, 0.25) is 0 Å². The van der Waals surface area contributed by atoms with Crippen molar-refractivity contribution >= 4 is 34.5 Å². The minimum Gasteiger partial charge on any atom is -0.481 e. The SMILES string of the molecule is O=C(O)CCc1cccc(/C(Nc2ccc(CN3CCOCC3)cc2)=C2/C(=O)Nc3cc(F)ccc32)c1. The van der Waals surface area contributed by atoms with Crippen LogP contribution in [0, 0.1) is 5.82 Å². The lowest BCUT2D eigenvalue weighted by atomic mass is 9.97. The van der Waals surface area contributed by atoms with Gasteiger partial charge in [-0.2, -0.15) is 0 Å². The summed E-state index contributed by atoms with van der Waals surface area (Å²) in [5.41, 5.74) is 5.56. The molecule has 2 aliphatic heterocycles. The minimum atomic E-state index is -0.870. The van der Waals surface area contributed by atoms with Crippen molar-refractivity contribution in [3.8, 4) is 0 Å². The van der Waals surface area contributed by atoms with E-state index in [0.29, 0.717) is 28.9 Å². The van der Waals surface area contributed by atoms with Gasteiger partial charge in [0, 0.05) is 37.3 Å². The Morgan fingerprint density at radius 2 is 1.81 bits per heavy atom. The average Bonchev–Trinajstić information content (AvgIpc) is 3.22. The van der Waals surface area contributed by atoms with E-state index >= 15 is 0 Å². The molecule has 1 amide bonds. The number of halogens is 1. The molecule has 2 aliphatic rings. The molecule has 0 saturated carbocycles. The number of carbonyl (C=O) groups is 2. The summed E-state index contributed by atoms with van der Waals surface area (Å²) in [5, 5.41) is 15.3. The number of aliphatic carboxylic acids is 1. The maximum absolute atomic E-state index is 13.9. The molecule has 3 aromatic carbocycles. The first-order chi connectivity index (χ1) is 18.0. The van der Waals surface area contributed by atoms with Crippen molar-refractivity contribution in [1.82, 2.24) is 4.90 Å². The van der Waals surface area contributed by atoms with Gasteiger partial charge in [-0.15, -0.1) is 0 Å². The molecule has 5 rings (SSSR count). The second-order valence-corrected chi connectivity index (χ2v) is 9.20. The topological polar surface area (TPSA) is 90.9 Å². The first-order valence-electron chi connectivity index (χ1n) is 12.3. The van der Waals surface area contributed by atoms with Crippen LogP contribution < -0.4 is 10.6 Å². The van der Waals surface area contributed by atoms with Gasteiger partial charge in [-0.3, -0.25) is 14.5 Å². The van der Waals surface area contributed by atoms with Crippen LogP contribution in [0.3, 0.4) is 0 Å². The largest absolute Gasteiger partial charge is 0.481 e. The zero-order valence-corrected chi connectivity index (χ0v) is 20.3. The van der Waals surface area contributed by atoms with E-state index in [0.717, 1.165) is 49.7 Å². The summed E-state index contributed by atoms with van der Waals surface area (Å²) in [6, 6.07) is 19.8. The number of ether oxygens (including phenoxy) is 1. The summed E-state index contributed by atoms with van der Waals surface area (Å²) in [7, 11) is 0. The summed E-state index contributed by atoms with van der Waals surface area (Å²) >= 11 is 0. The molecule has 0 aliphatic carbocycles. The van der Waals surface area contributed by atoms with Crippen molar-refractivity contribution < 1.29 is 23.8 Å². The van der Waals surface area contributed by atoms with Gasteiger partial charge in [0.05, 0.1) is 30.2 Å². The van der Waals surface area contributed by atoms with Crippen LogP contribution in [-0.2, 0) is 27.3 Å². The molecule has 0 bridgehead atoms. The van der Waals surface area contributed by atoms with E-state index in [1.165, 1.54) is 17.7 Å². The number of carbonyl (C=O) groups excluding carboxylic acids is 1. The Morgan fingerprint density at radius 1 is 1.03 bits per heavy atom. The number of hydrogen-bond acceptors (Lipinski definition) is 5. The average molecular weight is 502 g/mol. The third-order valence-corrected chi connectivity index (χ3v) is 6.55. The van der Waals surface area contributed by atoms with Gasteiger partial charge in [0.15, 0.2) is 0 Å². The van der Waals surface area contributed by atoms with Gasteiger partial charge in [0.1, 0.15) is 5.82 Å². The molecular formula is C29H28FN3O4.